The summed E-state index contributed by atoms with van der Waals surface area (Å²) in [4.78, 5) is 18.0. The van der Waals surface area contributed by atoms with E-state index >= 15 is 0 Å². The molecule has 27 heavy (non-hydrogen) atoms. The van der Waals surface area contributed by atoms with E-state index in [0.717, 1.165) is 5.56 Å². The molecule has 0 saturated heterocycles. The Morgan fingerprint density at radius 3 is 1.48 bits per heavy atom. The predicted octanol–water partition coefficient (Wildman–Crippen LogP) is 1.81. The van der Waals surface area contributed by atoms with Crippen LogP contribution in [0, 0.1) is 5.41 Å². The van der Waals surface area contributed by atoms with Gasteiger partial charge in [0.2, 0.25) is 0 Å². The van der Waals surface area contributed by atoms with Crippen molar-refractivity contribution < 1.29 is 34.7 Å². The second-order valence-electron chi connectivity index (χ2n) is 8.69. The van der Waals surface area contributed by atoms with E-state index in [2.05, 4.69) is 47.6 Å². The van der Waals surface area contributed by atoms with Crippen molar-refractivity contribution in [1.29, 1.82) is 0 Å². The molecule has 0 spiro atoms. The Bertz CT molecular complexity index is 541. The molecule has 8 heteroatoms. The molecular formula is C19H35O7P. The van der Waals surface area contributed by atoms with Crippen molar-refractivity contribution in [2.24, 2.45) is 5.41 Å². The normalized spacial score (nSPS) is 12.6. The summed E-state index contributed by atoms with van der Waals surface area (Å²) >= 11 is 0. The molecule has 0 radical (unpaired) electrons. The Balaban J connectivity index is 0.000000636. The summed E-state index contributed by atoms with van der Waals surface area (Å²) in [5, 5.41) is 34.0. The van der Waals surface area contributed by atoms with E-state index in [0.29, 0.717) is 5.75 Å². The molecule has 0 bridgehead atoms. The van der Waals surface area contributed by atoms with Crippen LogP contribution in [0.5, 0.6) is 5.75 Å². The molecule has 6 N–H and O–H groups in total. The van der Waals surface area contributed by atoms with Crippen LogP contribution in [0.3, 0.4) is 0 Å². The molecule has 0 saturated carbocycles. The van der Waals surface area contributed by atoms with Crippen molar-refractivity contribution in [3.05, 3.63) is 29.3 Å². The highest BCUT2D eigenvalue weighted by atomic mass is 31.2. The fourth-order valence-electron chi connectivity index (χ4n) is 2.05. The van der Waals surface area contributed by atoms with Crippen molar-refractivity contribution in [3.8, 4) is 5.75 Å². The molecule has 0 aliphatic carbocycles. The molecule has 0 amide bonds. The van der Waals surface area contributed by atoms with E-state index in [1.807, 2.05) is 12.1 Å². The molecule has 0 aliphatic rings. The third kappa shape index (κ3) is 8.40. The average Bonchev–Trinajstić information content (AvgIpc) is 2.56. The summed E-state index contributed by atoms with van der Waals surface area (Å²) in [6, 6.07) is 5.89. The van der Waals surface area contributed by atoms with Crippen molar-refractivity contribution in [3.63, 3.8) is 0 Å². The van der Waals surface area contributed by atoms with Crippen molar-refractivity contribution >= 4 is 8.60 Å². The molecule has 0 atom stereocenters. The first-order valence-electron chi connectivity index (χ1n) is 8.70. The van der Waals surface area contributed by atoms with Crippen LogP contribution in [0.15, 0.2) is 18.2 Å². The van der Waals surface area contributed by atoms with Crippen LogP contribution in [0.25, 0.3) is 0 Å². The Hall–Kier alpha value is -0.790. The van der Waals surface area contributed by atoms with Gasteiger partial charge in [0.05, 0.1) is 31.8 Å². The summed E-state index contributed by atoms with van der Waals surface area (Å²) < 4.78 is 5.12. The summed E-state index contributed by atoms with van der Waals surface area (Å²) in [7, 11) is -2.38. The second-order valence-corrected chi connectivity index (χ2v) is 9.38. The van der Waals surface area contributed by atoms with E-state index in [1.54, 1.807) is 0 Å². The van der Waals surface area contributed by atoms with E-state index in [4.69, 9.17) is 34.7 Å². The van der Waals surface area contributed by atoms with Gasteiger partial charge >= 0.3 is 8.60 Å². The minimum absolute atomic E-state index is 0.0572. The highest BCUT2D eigenvalue weighted by Gasteiger charge is 2.26. The lowest BCUT2D eigenvalue weighted by Gasteiger charge is -2.27. The smallest absolute Gasteiger partial charge is 0.391 e. The van der Waals surface area contributed by atoms with Gasteiger partial charge in [-0.25, -0.2) is 0 Å². The standard InChI is InChI=1S/C14H23O3P.C5H12O4/c1-13(2,3)10-7-8-12(17-18(15)16)11(9-10)14(4,5)6;6-1-5(2-7,3-8)4-9/h7-9,15-16H,1-6H3;6-9H,1-4H2. The summed E-state index contributed by atoms with van der Waals surface area (Å²) in [6.45, 7) is 11.1. The van der Waals surface area contributed by atoms with Gasteiger partial charge in [-0.1, -0.05) is 53.7 Å². The minimum Gasteiger partial charge on any atom is -0.427 e. The highest BCUT2D eigenvalue weighted by molar-refractivity contribution is 7.39. The van der Waals surface area contributed by atoms with Crippen LogP contribution in [-0.4, -0.2) is 56.6 Å². The highest BCUT2D eigenvalue weighted by Crippen LogP contribution is 2.39. The average molecular weight is 406 g/mol. The zero-order valence-electron chi connectivity index (χ0n) is 17.1. The van der Waals surface area contributed by atoms with Crippen LogP contribution in [0.4, 0.5) is 0 Å². The Morgan fingerprint density at radius 1 is 0.778 bits per heavy atom. The Kier molecular flexibility index (Phi) is 10.4. The van der Waals surface area contributed by atoms with Gasteiger partial charge in [-0.3, -0.25) is 0 Å². The zero-order chi connectivity index (χ0) is 21.5. The Labute approximate surface area is 163 Å². The van der Waals surface area contributed by atoms with Crippen molar-refractivity contribution in [1.82, 2.24) is 0 Å². The first-order valence-corrected chi connectivity index (χ1v) is 9.87. The van der Waals surface area contributed by atoms with E-state index in [-0.39, 0.29) is 10.8 Å². The largest absolute Gasteiger partial charge is 0.427 e. The van der Waals surface area contributed by atoms with E-state index < -0.39 is 40.4 Å². The number of hydrogen-bond acceptors (Lipinski definition) is 7. The lowest BCUT2D eigenvalue weighted by molar-refractivity contribution is -0.0328. The van der Waals surface area contributed by atoms with Gasteiger partial charge in [-0.05, 0) is 22.5 Å². The number of benzene rings is 1. The second kappa shape index (κ2) is 10.7. The van der Waals surface area contributed by atoms with Gasteiger partial charge in [0.25, 0.3) is 0 Å². The molecule has 0 aliphatic heterocycles. The number of rotatable bonds is 6. The molecule has 7 nitrogen and oxygen atoms in total. The SMILES string of the molecule is CC(C)(C)c1ccc(OP(O)O)c(C(C)(C)C)c1.OCC(CO)(CO)CO. The summed E-state index contributed by atoms with van der Waals surface area (Å²) in [5.41, 5.74) is 1.04. The van der Waals surface area contributed by atoms with Gasteiger partial charge in [-0.15, -0.1) is 0 Å². The monoisotopic (exact) mass is 406 g/mol. The topological polar surface area (TPSA) is 131 Å². The lowest BCUT2D eigenvalue weighted by atomic mass is 9.80. The first kappa shape index (κ1) is 26.2. The zero-order valence-corrected chi connectivity index (χ0v) is 18.0. The van der Waals surface area contributed by atoms with Crippen LogP contribution in [0.2, 0.25) is 0 Å². The summed E-state index contributed by atoms with van der Waals surface area (Å²) in [5.74, 6) is 0.548. The minimum atomic E-state index is -2.38. The fraction of sp³-hybridized carbons (Fsp3) is 0.684. The van der Waals surface area contributed by atoms with Gasteiger partial charge < -0.3 is 34.7 Å². The first-order chi connectivity index (χ1) is 12.3. The molecule has 0 unspecified atom stereocenters. The van der Waals surface area contributed by atoms with Gasteiger partial charge in [0, 0.05) is 5.56 Å². The third-order valence-electron chi connectivity index (χ3n) is 4.18. The van der Waals surface area contributed by atoms with Crippen LogP contribution in [0.1, 0.15) is 52.7 Å². The molecule has 1 aromatic rings. The lowest BCUT2D eigenvalue weighted by Crippen LogP contribution is -2.37. The van der Waals surface area contributed by atoms with Gasteiger partial charge in [-0.2, -0.15) is 0 Å². The number of aliphatic hydroxyl groups excluding tert-OH is 4. The van der Waals surface area contributed by atoms with Crippen molar-refractivity contribution in [2.75, 3.05) is 26.4 Å². The summed E-state index contributed by atoms with van der Waals surface area (Å²) in [6.07, 6.45) is 0. The molecule has 0 aromatic heterocycles. The number of aliphatic hydroxyl groups is 4. The van der Waals surface area contributed by atoms with Gasteiger partial charge in [0.1, 0.15) is 5.75 Å². The maximum Gasteiger partial charge on any atom is 0.391 e. The molecule has 158 valence electrons. The maximum atomic E-state index is 9.02. The van der Waals surface area contributed by atoms with Crippen LogP contribution in [-0.2, 0) is 10.8 Å². The van der Waals surface area contributed by atoms with Crippen LogP contribution < -0.4 is 4.52 Å². The molecule has 1 aromatic carbocycles. The maximum absolute atomic E-state index is 9.02. The fourth-order valence-corrected chi connectivity index (χ4v) is 2.39. The van der Waals surface area contributed by atoms with Gasteiger partial charge in [0.15, 0.2) is 0 Å². The van der Waals surface area contributed by atoms with E-state index in [1.165, 1.54) is 5.56 Å². The molecule has 0 fully saturated rings. The van der Waals surface area contributed by atoms with Crippen LogP contribution >= 0.6 is 8.60 Å². The van der Waals surface area contributed by atoms with Crippen molar-refractivity contribution in [2.45, 2.75) is 52.4 Å². The van der Waals surface area contributed by atoms with E-state index in [9.17, 15) is 0 Å². The quantitative estimate of drug-likeness (QED) is 0.397. The Morgan fingerprint density at radius 2 is 1.22 bits per heavy atom. The predicted molar refractivity (Wildman–Crippen MR) is 107 cm³/mol. The third-order valence-corrected chi connectivity index (χ3v) is 4.54. The molecule has 1 rings (SSSR count). The molecule has 0 heterocycles. The molecular weight excluding hydrogens is 371 g/mol. The number of hydrogen-bond donors (Lipinski definition) is 6.